The molecule has 1 heterocycles. The van der Waals surface area contributed by atoms with Gasteiger partial charge in [0, 0.05) is 18.5 Å². The zero-order valence-corrected chi connectivity index (χ0v) is 16.2. The molecule has 1 fully saturated rings. The highest BCUT2D eigenvalue weighted by molar-refractivity contribution is 5.68. The molecule has 3 unspecified atom stereocenters. The highest BCUT2D eigenvalue weighted by Gasteiger charge is 2.40. The number of nitrogens with zero attached hydrogens (tertiary/aromatic N) is 1. The van der Waals surface area contributed by atoms with Crippen LogP contribution < -0.4 is 0 Å². The lowest BCUT2D eigenvalue weighted by Crippen LogP contribution is -2.51. The van der Waals surface area contributed by atoms with E-state index in [0.29, 0.717) is 6.54 Å². The van der Waals surface area contributed by atoms with E-state index in [4.69, 9.17) is 4.74 Å². The zero-order chi connectivity index (χ0) is 18.6. The van der Waals surface area contributed by atoms with Crippen molar-refractivity contribution in [3.05, 3.63) is 35.9 Å². The predicted molar refractivity (Wildman–Crippen MR) is 100 cm³/mol. The Morgan fingerprint density at radius 3 is 2.40 bits per heavy atom. The van der Waals surface area contributed by atoms with Gasteiger partial charge in [-0.15, -0.1) is 0 Å². The van der Waals surface area contributed by atoms with E-state index in [1.54, 1.807) is 0 Å². The van der Waals surface area contributed by atoms with Crippen LogP contribution in [0.4, 0.5) is 4.79 Å². The maximum atomic E-state index is 12.7. The summed E-state index contributed by atoms with van der Waals surface area (Å²) in [4.78, 5) is 14.6. The predicted octanol–water partition coefficient (Wildman–Crippen LogP) is 4.78. The summed E-state index contributed by atoms with van der Waals surface area (Å²) in [7, 11) is 0. The number of rotatable bonds is 4. The Bertz CT molecular complexity index is 550. The molecule has 4 heteroatoms. The van der Waals surface area contributed by atoms with E-state index in [1.807, 2.05) is 56.0 Å². The third kappa shape index (κ3) is 5.21. The molecule has 0 aromatic heterocycles. The molecule has 3 atom stereocenters. The third-order valence-corrected chi connectivity index (χ3v) is 4.90. The fourth-order valence-corrected chi connectivity index (χ4v) is 3.80. The molecule has 1 saturated heterocycles. The van der Waals surface area contributed by atoms with Crippen molar-refractivity contribution in [2.75, 3.05) is 6.54 Å². The summed E-state index contributed by atoms with van der Waals surface area (Å²) in [5.41, 5.74) is 0.403. The van der Waals surface area contributed by atoms with E-state index in [2.05, 4.69) is 13.8 Å². The Hall–Kier alpha value is -1.55. The van der Waals surface area contributed by atoms with Gasteiger partial charge in [-0.25, -0.2) is 4.79 Å². The van der Waals surface area contributed by atoms with Gasteiger partial charge in [-0.3, -0.25) is 0 Å². The number of benzene rings is 1. The zero-order valence-electron chi connectivity index (χ0n) is 16.2. The van der Waals surface area contributed by atoms with E-state index in [1.165, 1.54) is 0 Å². The molecule has 2 rings (SSSR count). The van der Waals surface area contributed by atoms with Crippen molar-refractivity contribution < 1.29 is 14.6 Å². The van der Waals surface area contributed by atoms with Gasteiger partial charge in [0.2, 0.25) is 0 Å². The maximum Gasteiger partial charge on any atom is 0.410 e. The first-order chi connectivity index (χ1) is 11.7. The number of piperidine rings is 1. The fraction of sp³-hybridized carbons (Fsp3) is 0.667. The first-order valence-electron chi connectivity index (χ1n) is 9.43. The van der Waals surface area contributed by atoms with Crippen molar-refractivity contribution in [2.45, 2.75) is 71.6 Å². The van der Waals surface area contributed by atoms with E-state index in [9.17, 15) is 9.90 Å². The first-order valence-corrected chi connectivity index (χ1v) is 9.43. The van der Waals surface area contributed by atoms with Gasteiger partial charge in [0.25, 0.3) is 0 Å². The summed E-state index contributed by atoms with van der Waals surface area (Å²) in [6, 6.07) is 9.76. The molecular weight excluding hydrogens is 314 g/mol. The Morgan fingerprint density at radius 2 is 1.84 bits per heavy atom. The Morgan fingerprint density at radius 1 is 1.20 bits per heavy atom. The molecule has 0 radical (unpaired) electrons. The van der Waals surface area contributed by atoms with Crippen molar-refractivity contribution in [2.24, 2.45) is 11.8 Å². The molecule has 1 aliphatic heterocycles. The molecule has 25 heavy (non-hydrogen) atoms. The molecule has 0 saturated carbocycles. The number of carbonyl (C=O) groups is 1. The van der Waals surface area contributed by atoms with E-state index in [-0.39, 0.29) is 24.0 Å². The number of hydrogen-bond acceptors (Lipinski definition) is 3. The topological polar surface area (TPSA) is 49.8 Å². The fourth-order valence-electron chi connectivity index (χ4n) is 3.80. The van der Waals surface area contributed by atoms with Crippen molar-refractivity contribution >= 4 is 6.09 Å². The SMILES string of the molecule is CC(C)C(C(O)c1ccccc1)C1CCCCN1C(=O)OC(C)(C)C. The summed E-state index contributed by atoms with van der Waals surface area (Å²) in [5.74, 6) is 0.235. The van der Waals surface area contributed by atoms with Gasteiger partial charge >= 0.3 is 6.09 Å². The number of likely N-dealkylation sites (tertiary alicyclic amines) is 1. The van der Waals surface area contributed by atoms with Crippen LogP contribution in [0.1, 0.15) is 65.5 Å². The minimum absolute atomic E-state index is 0.00111. The van der Waals surface area contributed by atoms with Crippen LogP contribution in [-0.4, -0.2) is 34.3 Å². The summed E-state index contributed by atoms with van der Waals surface area (Å²) >= 11 is 0. The molecule has 0 aliphatic carbocycles. The molecule has 140 valence electrons. The van der Waals surface area contributed by atoms with Crippen LogP contribution in [0.15, 0.2) is 30.3 Å². The second kappa shape index (κ2) is 8.22. The third-order valence-electron chi connectivity index (χ3n) is 4.90. The maximum absolute atomic E-state index is 12.7. The van der Waals surface area contributed by atoms with Crippen molar-refractivity contribution in [3.63, 3.8) is 0 Å². The average Bonchev–Trinajstić information content (AvgIpc) is 2.54. The minimum Gasteiger partial charge on any atom is -0.444 e. The molecular formula is C21H33NO3. The standard InChI is InChI=1S/C21H33NO3/c1-15(2)18(19(23)16-11-7-6-8-12-16)17-13-9-10-14-22(17)20(24)25-21(3,4)5/h6-8,11-12,15,17-19,23H,9-10,13-14H2,1-5H3. The normalized spacial score (nSPS) is 21.1. The van der Waals surface area contributed by atoms with E-state index in [0.717, 1.165) is 24.8 Å². The number of aliphatic hydroxyl groups is 1. The molecule has 0 spiro atoms. The lowest BCUT2D eigenvalue weighted by atomic mass is 9.77. The number of carbonyl (C=O) groups excluding carboxylic acids is 1. The average molecular weight is 347 g/mol. The molecule has 1 aromatic rings. The second-order valence-corrected chi connectivity index (χ2v) is 8.41. The van der Waals surface area contributed by atoms with Crippen LogP contribution in [-0.2, 0) is 4.74 Å². The molecule has 1 aromatic carbocycles. The quantitative estimate of drug-likeness (QED) is 0.852. The van der Waals surface area contributed by atoms with Gasteiger partial charge < -0.3 is 14.7 Å². The van der Waals surface area contributed by atoms with Crippen molar-refractivity contribution in [1.82, 2.24) is 4.90 Å². The van der Waals surface area contributed by atoms with Gasteiger partial charge in [0.1, 0.15) is 5.60 Å². The summed E-state index contributed by atoms with van der Waals surface area (Å²) in [5, 5.41) is 11.1. The van der Waals surface area contributed by atoms with Crippen LogP contribution in [0, 0.1) is 11.8 Å². The summed E-state index contributed by atoms with van der Waals surface area (Å²) in [6.07, 6.45) is 2.13. The monoisotopic (exact) mass is 347 g/mol. The molecule has 0 bridgehead atoms. The number of hydrogen-bond donors (Lipinski definition) is 1. The molecule has 1 amide bonds. The van der Waals surface area contributed by atoms with Crippen molar-refractivity contribution in [3.8, 4) is 0 Å². The van der Waals surface area contributed by atoms with Crippen molar-refractivity contribution in [1.29, 1.82) is 0 Å². The number of aliphatic hydroxyl groups excluding tert-OH is 1. The summed E-state index contributed by atoms with van der Waals surface area (Å²) in [6.45, 7) is 10.6. The second-order valence-electron chi connectivity index (χ2n) is 8.41. The Labute approximate surface area is 152 Å². The van der Waals surface area contributed by atoms with E-state index < -0.39 is 11.7 Å². The summed E-state index contributed by atoms with van der Waals surface area (Å²) < 4.78 is 5.63. The van der Waals surface area contributed by atoms with Crippen LogP contribution in [0.25, 0.3) is 0 Å². The highest BCUT2D eigenvalue weighted by Crippen LogP contribution is 2.37. The first kappa shape index (κ1) is 19.8. The van der Waals surface area contributed by atoms with Crippen LogP contribution in [0.2, 0.25) is 0 Å². The minimum atomic E-state index is -0.589. The van der Waals surface area contributed by atoms with Crippen LogP contribution >= 0.6 is 0 Å². The van der Waals surface area contributed by atoms with Gasteiger partial charge in [-0.05, 0) is 51.5 Å². The lowest BCUT2D eigenvalue weighted by Gasteiger charge is -2.44. The van der Waals surface area contributed by atoms with Gasteiger partial charge in [-0.2, -0.15) is 0 Å². The molecule has 1 aliphatic rings. The molecule has 1 N–H and O–H groups in total. The van der Waals surface area contributed by atoms with E-state index >= 15 is 0 Å². The number of amides is 1. The van der Waals surface area contributed by atoms with Crippen LogP contribution in [0.5, 0.6) is 0 Å². The number of ether oxygens (including phenoxy) is 1. The smallest absolute Gasteiger partial charge is 0.410 e. The largest absolute Gasteiger partial charge is 0.444 e. The van der Waals surface area contributed by atoms with Gasteiger partial charge in [0.05, 0.1) is 6.10 Å². The Balaban J connectivity index is 2.26. The highest BCUT2D eigenvalue weighted by atomic mass is 16.6. The lowest BCUT2D eigenvalue weighted by molar-refractivity contribution is -0.0280. The Kier molecular flexibility index (Phi) is 6.50. The van der Waals surface area contributed by atoms with Gasteiger partial charge in [-0.1, -0.05) is 44.2 Å². The van der Waals surface area contributed by atoms with Gasteiger partial charge in [0.15, 0.2) is 0 Å². The van der Waals surface area contributed by atoms with Crippen LogP contribution in [0.3, 0.4) is 0 Å². The molecule has 4 nitrogen and oxygen atoms in total.